The molecule has 0 bridgehead atoms. The normalized spacial score (nSPS) is 15.6. The van der Waals surface area contributed by atoms with E-state index in [9.17, 15) is 9.18 Å². The highest BCUT2D eigenvalue weighted by Crippen LogP contribution is 2.25. The fourth-order valence-corrected chi connectivity index (χ4v) is 4.00. The van der Waals surface area contributed by atoms with E-state index in [1.54, 1.807) is 24.5 Å². The van der Waals surface area contributed by atoms with E-state index < -0.39 is 0 Å². The molecule has 1 aliphatic rings. The van der Waals surface area contributed by atoms with Crippen LogP contribution >= 0.6 is 12.4 Å². The van der Waals surface area contributed by atoms with Gasteiger partial charge >= 0.3 is 0 Å². The molecule has 1 aliphatic heterocycles. The molecule has 2 aromatic heterocycles. The van der Waals surface area contributed by atoms with E-state index in [2.05, 4.69) is 20.2 Å². The molecule has 2 aromatic carbocycles. The molecule has 1 atom stereocenters. The average Bonchev–Trinajstić information content (AvgIpc) is 3.41. The Kier molecular flexibility index (Phi) is 5.91. The second-order valence-electron chi connectivity index (χ2n) is 7.60. The number of aromatic amines is 1. The molecular formula is C24H22ClFN4O. The number of carbonyl (C=O) groups is 1. The minimum absolute atomic E-state index is 0. The van der Waals surface area contributed by atoms with E-state index in [0.717, 1.165) is 47.2 Å². The van der Waals surface area contributed by atoms with Gasteiger partial charge in [-0.3, -0.25) is 9.78 Å². The van der Waals surface area contributed by atoms with Crippen molar-refractivity contribution in [2.24, 2.45) is 0 Å². The summed E-state index contributed by atoms with van der Waals surface area (Å²) in [5.74, 6) is -0.357. The molecule has 1 fully saturated rings. The molecule has 0 radical (unpaired) electrons. The Balaban J connectivity index is 0.00000231. The summed E-state index contributed by atoms with van der Waals surface area (Å²) in [6.45, 7) is 1.69. The van der Waals surface area contributed by atoms with Crippen LogP contribution in [0, 0.1) is 5.82 Å². The summed E-state index contributed by atoms with van der Waals surface area (Å²) in [6.07, 6.45) is 4.47. The number of halogens is 2. The molecule has 1 amide bonds. The molecule has 1 saturated heterocycles. The van der Waals surface area contributed by atoms with Crippen LogP contribution in [0.3, 0.4) is 0 Å². The van der Waals surface area contributed by atoms with Gasteiger partial charge in [-0.15, -0.1) is 12.4 Å². The second kappa shape index (κ2) is 8.78. The van der Waals surface area contributed by atoms with Crippen LogP contribution in [0.25, 0.3) is 22.0 Å². The number of H-pyrrole nitrogens is 1. The lowest BCUT2D eigenvalue weighted by Gasteiger charge is -2.18. The Labute approximate surface area is 185 Å². The van der Waals surface area contributed by atoms with E-state index in [1.807, 2.05) is 36.4 Å². The minimum Gasteiger partial charge on any atom is -0.369 e. The van der Waals surface area contributed by atoms with Gasteiger partial charge in [0.2, 0.25) is 0 Å². The molecular weight excluding hydrogens is 415 g/mol. The maximum absolute atomic E-state index is 13.2. The van der Waals surface area contributed by atoms with Gasteiger partial charge in [-0.25, -0.2) is 4.39 Å². The van der Waals surface area contributed by atoms with Crippen molar-refractivity contribution < 1.29 is 9.18 Å². The number of carbonyl (C=O) groups excluding carboxylic acids is 1. The summed E-state index contributed by atoms with van der Waals surface area (Å²) in [5.41, 5.74) is 4.46. The molecule has 0 unspecified atom stereocenters. The van der Waals surface area contributed by atoms with Crippen LogP contribution in [0.2, 0.25) is 0 Å². The van der Waals surface area contributed by atoms with Crippen molar-refractivity contribution >= 4 is 34.9 Å². The number of hydrogen-bond donors (Lipinski definition) is 2. The lowest BCUT2D eigenvalue weighted by Crippen LogP contribution is -2.37. The maximum Gasteiger partial charge on any atom is 0.268 e. The van der Waals surface area contributed by atoms with Gasteiger partial charge in [-0.1, -0.05) is 24.3 Å². The zero-order valence-electron chi connectivity index (χ0n) is 16.7. The molecule has 7 heteroatoms. The van der Waals surface area contributed by atoms with Crippen molar-refractivity contribution in [1.82, 2.24) is 15.3 Å². The van der Waals surface area contributed by atoms with E-state index in [-0.39, 0.29) is 30.2 Å². The van der Waals surface area contributed by atoms with Crippen LogP contribution < -0.4 is 10.2 Å². The largest absolute Gasteiger partial charge is 0.369 e. The van der Waals surface area contributed by atoms with Gasteiger partial charge in [0.15, 0.2) is 0 Å². The molecule has 5 rings (SSSR count). The molecule has 31 heavy (non-hydrogen) atoms. The van der Waals surface area contributed by atoms with Crippen molar-refractivity contribution in [3.63, 3.8) is 0 Å². The maximum atomic E-state index is 13.2. The second-order valence-corrected chi connectivity index (χ2v) is 7.60. The summed E-state index contributed by atoms with van der Waals surface area (Å²) in [5, 5.41) is 4.11. The predicted octanol–water partition coefficient (Wildman–Crippen LogP) is 4.80. The quantitative estimate of drug-likeness (QED) is 0.483. The number of amides is 1. The lowest BCUT2D eigenvalue weighted by atomic mass is 10.0. The zero-order valence-corrected chi connectivity index (χ0v) is 17.5. The number of nitrogens with zero attached hydrogens (tertiary/aromatic N) is 2. The highest BCUT2D eigenvalue weighted by Gasteiger charge is 2.25. The number of anilines is 1. The molecule has 4 aromatic rings. The molecule has 158 valence electrons. The van der Waals surface area contributed by atoms with Gasteiger partial charge in [0.25, 0.3) is 5.91 Å². The molecule has 0 aliphatic carbocycles. The van der Waals surface area contributed by atoms with Gasteiger partial charge in [0.1, 0.15) is 11.5 Å². The van der Waals surface area contributed by atoms with E-state index in [0.29, 0.717) is 5.69 Å². The van der Waals surface area contributed by atoms with Gasteiger partial charge in [-0.05, 0) is 53.9 Å². The van der Waals surface area contributed by atoms with Crippen LogP contribution in [0.15, 0.2) is 73.1 Å². The number of nitrogens with one attached hydrogen (secondary N) is 2. The highest BCUT2D eigenvalue weighted by molar-refractivity contribution is 5.99. The molecule has 2 N–H and O–H groups in total. The number of pyridine rings is 1. The highest BCUT2D eigenvalue weighted by atomic mass is 35.5. The Morgan fingerprint density at radius 1 is 1.03 bits per heavy atom. The number of hydrogen-bond acceptors (Lipinski definition) is 3. The molecule has 0 saturated carbocycles. The first-order chi connectivity index (χ1) is 14.7. The SMILES string of the molecule is Cl.O=C(N[C@H]1CCN(c2ccncc2)C1)c1cc2ccc(-c3ccc(F)cc3)cc2[nH]1. The van der Waals surface area contributed by atoms with Crippen LogP contribution in [0.4, 0.5) is 10.1 Å². The third-order valence-electron chi connectivity index (χ3n) is 5.60. The van der Waals surface area contributed by atoms with Crippen molar-refractivity contribution in [1.29, 1.82) is 0 Å². The molecule has 0 spiro atoms. The van der Waals surface area contributed by atoms with E-state index in [1.165, 1.54) is 12.1 Å². The predicted molar refractivity (Wildman–Crippen MR) is 123 cm³/mol. The van der Waals surface area contributed by atoms with Gasteiger partial charge in [0.05, 0.1) is 0 Å². The van der Waals surface area contributed by atoms with Crippen molar-refractivity contribution in [2.45, 2.75) is 12.5 Å². The van der Waals surface area contributed by atoms with Crippen LogP contribution in [0.5, 0.6) is 0 Å². The standard InChI is InChI=1S/C24H21FN4O.ClH/c25-19-5-3-16(4-6-19)17-1-2-18-14-23(28-22(18)13-17)24(30)27-20-9-12-29(15-20)21-7-10-26-11-8-21;/h1-8,10-11,13-14,20,28H,9,12,15H2,(H,27,30);1H/t20-;/m0./s1. The number of aromatic nitrogens is 2. The Morgan fingerprint density at radius 2 is 1.77 bits per heavy atom. The third-order valence-corrected chi connectivity index (χ3v) is 5.60. The first kappa shape index (κ1) is 20.9. The summed E-state index contributed by atoms with van der Waals surface area (Å²) in [7, 11) is 0. The summed E-state index contributed by atoms with van der Waals surface area (Å²) in [6, 6.07) is 18.3. The van der Waals surface area contributed by atoms with Gasteiger partial charge in [0, 0.05) is 48.1 Å². The number of fused-ring (bicyclic) bond motifs is 1. The third kappa shape index (κ3) is 4.39. The fraction of sp³-hybridized carbons (Fsp3) is 0.167. The molecule has 5 nitrogen and oxygen atoms in total. The fourth-order valence-electron chi connectivity index (χ4n) is 4.00. The van der Waals surface area contributed by atoms with Crippen LogP contribution in [-0.2, 0) is 0 Å². The summed E-state index contributed by atoms with van der Waals surface area (Å²) in [4.78, 5) is 22.3. The summed E-state index contributed by atoms with van der Waals surface area (Å²) >= 11 is 0. The average molecular weight is 437 g/mol. The Morgan fingerprint density at radius 3 is 2.55 bits per heavy atom. The van der Waals surface area contributed by atoms with Crippen LogP contribution in [-0.4, -0.2) is 35.0 Å². The van der Waals surface area contributed by atoms with Gasteiger partial charge < -0.3 is 15.2 Å². The first-order valence-electron chi connectivity index (χ1n) is 10.0. The van der Waals surface area contributed by atoms with E-state index >= 15 is 0 Å². The van der Waals surface area contributed by atoms with Gasteiger partial charge in [-0.2, -0.15) is 0 Å². The van der Waals surface area contributed by atoms with Crippen molar-refractivity contribution in [3.8, 4) is 11.1 Å². The minimum atomic E-state index is -0.256. The summed E-state index contributed by atoms with van der Waals surface area (Å²) < 4.78 is 13.2. The Hall–Kier alpha value is -3.38. The monoisotopic (exact) mass is 436 g/mol. The molecule has 3 heterocycles. The van der Waals surface area contributed by atoms with Crippen LogP contribution in [0.1, 0.15) is 16.9 Å². The topological polar surface area (TPSA) is 61.0 Å². The first-order valence-corrected chi connectivity index (χ1v) is 10.0. The van der Waals surface area contributed by atoms with Crippen molar-refractivity contribution in [3.05, 3.63) is 84.6 Å². The lowest BCUT2D eigenvalue weighted by molar-refractivity contribution is 0.0936. The number of rotatable bonds is 4. The van der Waals surface area contributed by atoms with E-state index in [4.69, 9.17) is 0 Å². The van der Waals surface area contributed by atoms with Crippen molar-refractivity contribution in [2.75, 3.05) is 18.0 Å². The smallest absolute Gasteiger partial charge is 0.268 e. The Bertz CT molecular complexity index is 1190. The number of benzene rings is 2. The zero-order chi connectivity index (χ0) is 20.5.